The van der Waals surface area contributed by atoms with Gasteiger partial charge in [0.1, 0.15) is 0 Å². The fourth-order valence-electron chi connectivity index (χ4n) is 1.68. The molecular formula is C15H13ClN2O3S. The van der Waals surface area contributed by atoms with E-state index in [1.807, 2.05) is 0 Å². The molecule has 1 amide bonds. The summed E-state index contributed by atoms with van der Waals surface area (Å²) < 4.78 is 22.5. The Labute approximate surface area is 133 Å². The van der Waals surface area contributed by atoms with E-state index in [0.29, 0.717) is 10.7 Å². The Kier molecular flexibility index (Phi) is 4.97. The van der Waals surface area contributed by atoms with E-state index in [2.05, 4.69) is 5.32 Å². The monoisotopic (exact) mass is 336 g/mol. The van der Waals surface area contributed by atoms with Crippen molar-refractivity contribution in [2.24, 2.45) is 5.14 Å². The fraction of sp³-hybridized carbons (Fsp3) is 0. The van der Waals surface area contributed by atoms with Crippen LogP contribution in [0.15, 0.2) is 59.5 Å². The number of sulfonamides is 1. The second kappa shape index (κ2) is 6.74. The Bertz CT molecular complexity index is 815. The molecular weight excluding hydrogens is 324 g/mol. The first-order valence-corrected chi connectivity index (χ1v) is 8.14. The summed E-state index contributed by atoms with van der Waals surface area (Å²) in [6.45, 7) is 0. The standard InChI is InChI=1S/C15H13ClN2O3S/c16-12-7-4-11(5-8-12)6-9-15(19)18-13-2-1-3-14(10-13)22(17,20)21/h1-10H,(H,18,19)(H2,17,20,21)/b9-6+. The Hall–Kier alpha value is -2.15. The average Bonchev–Trinajstić information content (AvgIpc) is 2.46. The lowest BCUT2D eigenvalue weighted by Crippen LogP contribution is -2.13. The van der Waals surface area contributed by atoms with Gasteiger partial charge < -0.3 is 5.32 Å². The minimum atomic E-state index is -3.80. The Morgan fingerprint density at radius 1 is 1.14 bits per heavy atom. The Morgan fingerprint density at radius 2 is 1.82 bits per heavy atom. The number of amides is 1. The Balaban J connectivity index is 2.07. The maximum Gasteiger partial charge on any atom is 0.248 e. The SMILES string of the molecule is NS(=O)(=O)c1cccc(NC(=O)/C=C/c2ccc(Cl)cc2)c1. The summed E-state index contributed by atoms with van der Waals surface area (Å²) in [5.74, 6) is -0.387. The van der Waals surface area contributed by atoms with E-state index in [1.165, 1.54) is 24.3 Å². The van der Waals surface area contributed by atoms with E-state index in [4.69, 9.17) is 16.7 Å². The first kappa shape index (κ1) is 16.2. The first-order chi connectivity index (χ1) is 10.3. The van der Waals surface area contributed by atoms with Crippen LogP contribution in [0.2, 0.25) is 5.02 Å². The van der Waals surface area contributed by atoms with E-state index in [9.17, 15) is 13.2 Å². The molecule has 0 unspecified atom stereocenters. The molecule has 0 radical (unpaired) electrons. The third kappa shape index (κ3) is 4.70. The van der Waals surface area contributed by atoms with Gasteiger partial charge in [0, 0.05) is 16.8 Å². The van der Waals surface area contributed by atoms with Crippen LogP contribution in [-0.4, -0.2) is 14.3 Å². The first-order valence-electron chi connectivity index (χ1n) is 6.22. The third-order valence-electron chi connectivity index (χ3n) is 2.73. The number of anilines is 1. The van der Waals surface area contributed by atoms with Gasteiger partial charge in [-0.25, -0.2) is 13.6 Å². The molecule has 0 atom stereocenters. The van der Waals surface area contributed by atoms with Crippen molar-refractivity contribution in [1.82, 2.24) is 0 Å². The van der Waals surface area contributed by atoms with Gasteiger partial charge in [-0.15, -0.1) is 0 Å². The quantitative estimate of drug-likeness (QED) is 0.841. The van der Waals surface area contributed by atoms with Crippen molar-refractivity contribution in [3.63, 3.8) is 0 Å². The van der Waals surface area contributed by atoms with E-state index in [-0.39, 0.29) is 10.8 Å². The molecule has 2 aromatic carbocycles. The highest BCUT2D eigenvalue weighted by Crippen LogP contribution is 2.14. The van der Waals surface area contributed by atoms with Crippen LogP contribution in [0, 0.1) is 0 Å². The lowest BCUT2D eigenvalue weighted by atomic mass is 10.2. The summed E-state index contributed by atoms with van der Waals surface area (Å²) in [6.07, 6.45) is 2.96. The van der Waals surface area contributed by atoms with Gasteiger partial charge in [-0.2, -0.15) is 0 Å². The van der Waals surface area contributed by atoms with Crippen LogP contribution in [-0.2, 0) is 14.8 Å². The fourth-order valence-corrected chi connectivity index (χ4v) is 2.37. The van der Waals surface area contributed by atoms with Crippen molar-refractivity contribution >= 4 is 39.3 Å². The third-order valence-corrected chi connectivity index (χ3v) is 3.89. The molecule has 0 saturated carbocycles. The zero-order chi connectivity index (χ0) is 16.2. The predicted octanol–water partition coefficient (Wildman–Crippen LogP) is 2.64. The number of rotatable bonds is 4. The highest BCUT2D eigenvalue weighted by atomic mass is 35.5. The highest BCUT2D eigenvalue weighted by molar-refractivity contribution is 7.89. The van der Waals surface area contributed by atoms with Crippen LogP contribution in [0.3, 0.4) is 0 Å². The molecule has 0 heterocycles. The normalized spacial score (nSPS) is 11.5. The topological polar surface area (TPSA) is 89.3 Å². The zero-order valence-electron chi connectivity index (χ0n) is 11.4. The number of nitrogens with two attached hydrogens (primary N) is 1. The minimum Gasteiger partial charge on any atom is -0.322 e. The van der Waals surface area contributed by atoms with Crippen molar-refractivity contribution in [2.75, 3.05) is 5.32 Å². The smallest absolute Gasteiger partial charge is 0.248 e. The molecule has 3 N–H and O–H groups in total. The molecule has 0 saturated heterocycles. The predicted molar refractivity (Wildman–Crippen MR) is 86.9 cm³/mol. The molecule has 2 rings (SSSR count). The average molecular weight is 337 g/mol. The summed E-state index contributed by atoms with van der Waals surface area (Å²) in [7, 11) is -3.80. The molecule has 7 heteroatoms. The number of hydrogen-bond acceptors (Lipinski definition) is 3. The summed E-state index contributed by atoms with van der Waals surface area (Å²) in [4.78, 5) is 11.7. The van der Waals surface area contributed by atoms with Crippen LogP contribution in [0.25, 0.3) is 6.08 Å². The maximum atomic E-state index is 11.8. The van der Waals surface area contributed by atoms with Gasteiger partial charge >= 0.3 is 0 Å². The number of halogens is 1. The number of benzene rings is 2. The lowest BCUT2D eigenvalue weighted by molar-refractivity contribution is -0.111. The summed E-state index contributed by atoms with van der Waals surface area (Å²) in [6, 6.07) is 12.7. The minimum absolute atomic E-state index is 0.0630. The number of hydrogen-bond donors (Lipinski definition) is 2. The van der Waals surface area contributed by atoms with Crippen molar-refractivity contribution < 1.29 is 13.2 Å². The van der Waals surface area contributed by atoms with Crippen molar-refractivity contribution in [3.05, 3.63) is 65.2 Å². The van der Waals surface area contributed by atoms with Gasteiger partial charge in [0.2, 0.25) is 15.9 Å². The van der Waals surface area contributed by atoms with Gasteiger partial charge in [-0.3, -0.25) is 4.79 Å². The van der Waals surface area contributed by atoms with Crippen LogP contribution in [0.1, 0.15) is 5.56 Å². The largest absolute Gasteiger partial charge is 0.322 e. The molecule has 0 fully saturated rings. The molecule has 0 aliphatic heterocycles. The molecule has 0 aliphatic rings. The van der Waals surface area contributed by atoms with Crippen molar-refractivity contribution in [3.8, 4) is 0 Å². The molecule has 0 aliphatic carbocycles. The second-order valence-electron chi connectivity index (χ2n) is 4.45. The molecule has 0 aromatic heterocycles. The molecule has 2 aromatic rings. The number of nitrogens with one attached hydrogen (secondary N) is 1. The second-order valence-corrected chi connectivity index (χ2v) is 6.44. The van der Waals surface area contributed by atoms with Crippen molar-refractivity contribution in [2.45, 2.75) is 4.90 Å². The van der Waals surface area contributed by atoms with E-state index < -0.39 is 10.0 Å². The number of carbonyl (C=O) groups is 1. The highest BCUT2D eigenvalue weighted by Gasteiger charge is 2.08. The summed E-state index contributed by atoms with van der Waals surface area (Å²) in [5.41, 5.74) is 1.16. The van der Waals surface area contributed by atoms with Gasteiger partial charge in [-0.1, -0.05) is 29.8 Å². The van der Waals surface area contributed by atoms with Gasteiger partial charge in [0.15, 0.2) is 0 Å². The van der Waals surface area contributed by atoms with Crippen LogP contribution in [0.5, 0.6) is 0 Å². The van der Waals surface area contributed by atoms with Gasteiger partial charge in [0.05, 0.1) is 4.90 Å². The lowest BCUT2D eigenvalue weighted by Gasteiger charge is -2.04. The summed E-state index contributed by atoms with van der Waals surface area (Å²) in [5, 5.41) is 8.21. The molecule has 114 valence electrons. The van der Waals surface area contributed by atoms with Crippen molar-refractivity contribution in [1.29, 1.82) is 0 Å². The molecule has 5 nitrogen and oxygen atoms in total. The van der Waals surface area contributed by atoms with Gasteiger partial charge in [0.25, 0.3) is 0 Å². The molecule has 22 heavy (non-hydrogen) atoms. The maximum absolute atomic E-state index is 11.8. The van der Waals surface area contributed by atoms with E-state index >= 15 is 0 Å². The number of carbonyl (C=O) groups excluding carboxylic acids is 1. The van der Waals surface area contributed by atoms with Crippen LogP contribution < -0.4 is 10.5 Å². The van der Waals surface area contributed by atoms with Crippen LogP contribution >= 0.6 is 11.6 Å². The Morgan fingerprint density at radius 3 is 2.45 bits per heavy atom. The zero-order valence-corrected chi connectivity index (χ0v) is 12.9. The summed E-state index contributed by atoms with van der Waals surface area (Å²) >= 11 is 5.77. The number of primary sulfonamides is 1. The van der Waals surface area contributed by atoms with Crippen LogP contribution in [0.4, 0.5) is 5.69 Å². The van der Waals surface area contributed by atoms with E-state index in [0.717, 1.165) is 5.56 Å². The van der Waals surface area contributed by atoms with E-state index in [1.54, 1.807) is 36.4 Å². The van der Waals surface area contributed by atoms with Gasteiger partial charge in [-0.05, 0) is 42.0 Å². The molecule has 0 bridgehead atoms. The molecule has 0 spiro atoms.